The molecule has 29 heavy (non-hydrogen) atoms. The summed E-state index contributed by atoms with van der Waals surface area (Å²) in [5.41, 5.74) is 0. The van der Waals surface area contributed by atoms with E-state index in [1.54, 1.807) is 6.08 Å². The minimum absolute atomic E-state index is 0.0973. The summed E-state index contributed by atoms with van der Waals surface area (Å²) in [5, 5.41) is 39.5. The fraction of sp³-hybridized carbons (Fsp3) is 0.591. The van der Waals surface area contributed by atoms with Crippen LogP contribution in [0.15, 0.2) is 36.4 Å². The average Bonchev–Trinajstić information content (AvgIpc) is 3.23. The standard InChI is InChI=1S/C22H31ClO5S/c23-22-12-10-17(29-22)9-7-15(25)8-11-19-18(20(27)13-21(19)28)6-4-2-1-3-5-16(26)14-24/h2,4,8,10-12,15,18-21,24-25,27-28H,1,3,5-7,9,13-14H2/b4-2-,11-8+/t15-,18-,19-,20+,21-/m1/s1. The van der Waals surface area contributed by atoms with Crippen LogP contribution in [-0.2, 0) is 11.2 Å². The van der Waals surface area contributed by atoms with Crippen LogP contribution in [0, 0.1) is 11.8 Å². The number of ketones is 1. The lowest BCUT2D eigenvalue weighted by atomic mass is 9.89. The zero-order chi connectivity index (χ0) is 21.2. The van der Waals surface area contributed by atoms with Gasteiger partial charge in [0.1, 0.15) is 6.61 Å². The van der Waals surface area contributed by atoms with Crippen LogP contribution in [0.1, 0.15) is 43.4 Å². The summed E-state index contributed by atoms with van der Waals surface area (Å²) in [4.78, 5) is 12.2. The number of thiophene rings is 1. The Kier molecular flexibility index (Phi) is 10.6. The number of carbonyl (C=O) groups is 1. The molecular formula is C22H31ClO5S. The Balaban J connectivity index is 1.80. The number of halogens is 1. The van der Waals surface area contributed by atoms with Crippen LogP contribution in [0.2, 0.25) is 4.34 Å². The van der Waals surface area contributed by atoms with Gasteiger partial charge in [-0.05, 0) is 50.2 Å². The van der Waals surface area contributed by atoms with Crippen molar-refractivity contribution in [2.75, 3.05) is 6.61 Å². The quantitative estimate of drug-likeness (QED) is 0.294. The van der Waals surface area contributed by atoms with Crippen molar-refractivity contribution in [3.05, 3.63) is 45.7 Å². The molecule has 1 aromatic rings. The number of hydrogen-bond donors (Lipinski definition) is 4. The van der Waals surface area contributed by atoms with E-state index in [4.69, 9.17) is 16.7 Å². The van der Waals surface area contributed by atoms with Crippen molar-refractivity contribution >= 4 is 28.7 Å². The van der Waals surface area contributed by atoms with Gasteiger partial charge >= 0.3 is 0 Å². The molecule has 5 atom stereocenters. The van der Waals surface area contributed by atoms with Crippen molar-refractivity contribution in [1.82, 2.24) is 0 Å². The zero-order valence-electron chi connectivity index (χ0n) is 16.5. The highest BCUT2D eigenvalue weighted by Crippen LogP contribution is 2.36. The zero-order valence-corrected chi connectivity index (χ0v) is 18.1. The van der Waals surface area contributed by atoms with Gasteiger partial charge in [-0.3, -0.25) is 4.79 Å². The van der Waals surface area contributed by atoms with E-state index >= 15 is 0 Å². The number of carbonyl (C=O) groups excluding carboxylic acids is 1. The summed E-state index contributed by atoms with van der Waals surface area (Å²) < 4.78 is 0.740. The fourth-order valence-electron chi connectivity index (χ4n) is 3.70. The number of aliphatic hydroxyl groups is 4. The molecule has 2 rings (SSSR count). The van der Waals surface area contributed by atoms with Gasteiger partial charge in [0.05, 0.1) is 22.6 Å². The van der Waals surface area contributed by atoms with Crippen LogP contribution in [0.3, 0.4) is 0 Å². The van der Waals surface area contributed by atoms with E-state index in [-0.39, 0.29) is 17.6 Å². The van der Waals surface area contributed by atoms with E-state index in [0.717, 1.165) is 22.1 Å². The first-order chi connectivity index (χ1) is 13.9. The third-order valence-electron chi connectivity index (χ3n) is 5.36. The summed E-state index contributed by atoms with van der Waals surface area (Å²) in [6.07, 6.45) is 9.79. The third kappa shape index (κ3) is 8.32. The van der Waals surface area contributed by atoms with E-state index in [1.165, 1.54) is 11.3 Å². The highest BCUT2D eigenvalue weighted by atomic mass is 35.5. The normalized spacial score (nSPS) is 26.0. The third-order valence-corrected chi connectivity index (χ3v) is 6.66. The molecule has 0 spiro atoms. The van der Waals surface area contributed by atoms with Gasteiger partial charge in [-0.25, -0.2) is 0 Å². The van der Waals surface area contributed by atoms with Gasteiger partial charge in [-0.15, -0.1) is 11.3 Å². The summed E-state index contributed by atoms with van der Waals surface area (Å²) in [7, 11) is 0. The maximum absolute atomic E-state index is 11.1. The van der Waals surface area contributed by atoms with Crippen LogP contribution in [0.5, 0.6) is 0 Å². The van der Waals surface area contributed by atoms with Gasteiger partial charge in [0.2, 0.25) is 0 Å². The fourth-order valence-corrected chi connectivity index (χ4v) is 4.81. The molecule has 1 aliphatic rings. The molecule has 0 aromatic carbocycles. The number of Topliss-reactive ketones (excluding diaryl/α,β-unsaturated/α-hetero) is 1. The molecule has 1 heterocycles. The predicted molar refractivity (Wildman–Crippen MR) is 116 cm³/mol. The number of aliphatic hydroxyl groups excluding tert-OH is 4. The van der Waals surface area contributed by atoms with Gasteiger partial charge in [0, 0.05) is 23.6 Å². The molecule has 0 bridgehead atoms. The maximum Gasteiger partial charge on any atom is 0.158 e. The summed E-state index contributed by atoms with van der Waals surface area (Å²) in [6, 6.07) is 3.81. The van der Waals surface area contributed by atoms with Gasteiger partial charge in [0.15, 0.2) is 5.78 Å². The lowest BCUT2D eigenvalue weighted by molar-refractivity contribution is -0.121. The molecule has 4 N–H and O–H groups in total. The van der Waals surface area contributed by atoms with Crippen LogP contribution >= 0.6 is 22.9 Å². The van der Waals surface area contributed by atoms with Crippen LogP contribution in [-0.4, -0.2) is 51.1 Å². The Labute approximate surface area is 181 Å². The molecule has 0 amide bonds. The monoisotopic (exact) mass is 442 g/mol. The molecule has 7 heteroatoms. The molecule has 5 nitrogen and oxygen atoms in total. The minimum atomic E-state index is -0.620. The van der Waals surface area contributed by atoms with Crippen LogP contribution in [0.4, 0.5) is 0 Å². The molecule has 1 saturated carbocycles. The number of allylic oxidation sites excluding steroid dienone is 2. The van der Waals surface area contributed by atoms with Crippen molar-refractivity contribution in [1.29, 1.82) is 0 Å². The summed E-state index contributed by atoms with van der Waals surface area (Å²) >= 11 is 7.43. The topological polar surface area (TPSA) is 98.0 Å². The maximum atomic E-state index is 11.1. The van der Waals surface area contributed by atoms with E-state index in [0.29, 0.717) is 32.1 Å². The van der Waals surface area contributed by atoms with Crippen LogP contribution in [0.25, 0.3) is 0 Å². The summed E-state index contributed by atoms with van der Waals surface area (Å²) in [6.45, 7) is -0.406. The Morgan fingerprint density at radius 3 is 2.76 bits per heavy atom. The largest absolute Gasteiger partial charge is 0.393 e. The van der Waals surface area contributed by atoms with Crippen molar-refractivity contribution in [3.63, 3.8) is 0 Å². The minimum Gasteiger partial charge on any atom is -0.393 e. The number of unbranched alkanes of at least 4 members (excludes halogenated alkanes) is 1. The molecular weight excluding hydrogens is 412 g/mol. The SMILES string of the molecule is O=C(CO)CCC/C=C\C[C@@H]1[C@@H](/C=C/[C@H](O)CCc2ccc(Cl)s2)[C@H](O)C[C@@H]1O. The number of rotatable bonds is 12. The first-order valence-electron chi connectivity index (χ1n) is 10.1. The summed E-state index contributed by atoms with van der Waals surface area (Å²) in [5.74, 6) is -0.449. The van der Waals surface area contributed by atoms with Crippen molar-refractivity contribution in [2.45, 2.75) is 63.3 Å². The van der Waals surface area contributed by atoms with Crippen LogP contribution < -0.4 is 0 Å². The van der Waals surface area contributed by atoms with Gasteiger partial charge < -0.3 is 20.4 Å². The van der Waals surface area contributed by atoms with E-state index in [1.807, 2.05) is 30.4 Å². The molecule has 0 radical (unpaired) electrons. The van der Waals surface area contributed by atoms with Gasteiger partial charge in [0.25, 0.3) is 0 Å². The second-order valence-electron chi connectivity index (χ2n) is 7.60. The molecule has 0 saturated heterocycles. The first kappa shape index (κ1) is 24.3. The van der Waals surface area contributed by atoms with Crippen molar-refractivity contribution < 1.29 is 25.2 Å². The molecule has 1 aromatic heterocycles. The molecule has 1 aliphatic carbocycles. The number of hydrogen-bond acceptors (Lipinski definition) is 6. The predicted octanol–water partition coefficient (Wildman–Crippen LogP) is 3.29. The second kappa shape index (κ2) is 12.6. The Hall–Kier alpha value is -1.02. The Bertz CT molecular complexity index is 686. The van der Waals surface area contributed by atoms with Crippen molar-refractivity contribution in [3.8, 4) is 0 Å². The Morgan fingerprint density at radius 2 is 2.07 bits per heavy atom. The molecule has 0 unspecified atom stereocenters. The lowest BCUT2D eigenvalue weighted by Gasteiger charge is -2.19. The van der Waals surface area contributed by atoms with Gasteiger partial charge in [-0.2, -0.15) is 0 Å². The first-order valence-corrected chi connectivity index (χ1v) is 11.3. The molecule has 162 valence electrons. The highest BCUT2D eigenvalue weighted by molar-refractivity contribution is 7.16. The molecule has 1 fully saturated rings. The molecule has 0 aliphatic heterocycles. The number of aryl methyl sites for hydroxylation is 1. The Morgan fingerprint density at radius 1 is 1.28 bits per heavy atom. The van der Waals surface area contributed by atoms with E-state index < -0.39 is 24.9 Å². The highest BCUT2D eigenvalue weighted by Gasteiger charge is 2.39. The average molecular weight is 443 g/mol. The van der Waals surface area contributed by atoms with Gasteiger partial charge in [-0.1, -0.05) is 35.9 Å². The van der Waals surface area contributed by atoms with E-state index in [9.17, 15) is 20.1 Å². The second-order valence-corrected chi connectivity index (χ2v) is 9.40. The van der Waals surface area contributed by atoms with Crippen molar-refractivity contribution in [2.24, 2.45) is 11.8 Å². The lowest BCUT2D eigenvalue weighted by Crippen LogP contribution is -2.20. The van der Waals surface area contributed by atoms with E-state index in [2.05, 4.69) is 0 Å². The smallest absolute Gasteiger partial charge is 0.158 e.